The molecule has 0 saturated carbocycles. The number of rotatable bonds is 43. The first-order chi connectivity index (χ1) is 28.2. The van der Waals surface area contributed by atoms with Gasteiger partial charge in [0.25, 0.3) is 0 Å². The first-order valence-electron chi connectivity index (χ1n) is 23.2. The summed E-state index contributed by atoms with van der Waals surface area (Å²) in [6, 6.07) is 0. The summed E-state index contributed by atoms with van der Waals surface area (Å²) in [7, 11) is -4.40. The average molecular weight is 840 g/mol. The molecule has 0 rings (SSSR count). The quantitative estimate of drug-likeness (QED) is 0.0234. The lowest BCUT2D eigenvalue weighted by Gasteiger charge is -2.19. The largest absolute Gasteiger partial charge is 0.472 e. The number of phosphoric acid groups is 1. The molecule has 0 aromatic heterocycles. The molecule has 3 atom stereocenters. The zero-order valence-corrected chi connectivity index (χ0v) is 37.8. The molecular formula is C47H86NO9P. The monoisotopic (exact) mass is 840 g/mol. The van der Waals surface area contributed by atoms with Crippen LogP contribution < -0.4 is 5.73 Å². The van der Waals surface area contributed by atoms with Gasteiger partial charge in [-0.15, -0.1) is 0 Å². The highest BCUT2D eigenvalue weighted by Gasteiger charge is 2.26. The van der Waals surface area contributed by atoms with Crippen LogP contribution in [0.1, 0.15) is 200 Å². The molecule has 10 nitrogen and oxygen atoms in total. The van der Waals surface area contributed by atoms with Crippen LogP contribution >= 0.6 is 7.82 Å². The molecule has 0 bridgehead atoms. The Morgan fingerprint density at radius 2 is 1.03 bits per heavy atom. The Hall–Kier alpha value is -2.07. The molecule has 0 aromatic rings. The zero-order valence-electron chi connectivity index (χ0n) is 36.9. The van der Waals surface area contributed by atoms with E-state index in [0.29, 0.717) is 12.8 Å². The van der Waals surface area contributed by atoms with Crippen LogP contribution in [0.25, 0.3) is 0 Å². The van der Waals surface area contributed by atoms with Gasteiger partial charge in [-0.1, -0.05) is 178 Å². The minimum absolute atomic E-state index is 0.0386. The lowest BCUT2D eigenvalue weighted by Crippen LogP contribution is -2.29. The van der Waals surface area contributed by atoms with E-state index in [-0.39, 0.29) is 38.7 Å². The number of esters is 2. The van der Waals surface area contributed by atoms with Gasteiger partial charge in [-0.3, -0.25) is 18.6 Å². The van der Waals surface area contributed by atoms with Gasteiger partial charge in [-0.2, -0.15) is 0 Å². The lowest BCUT2D eigenvalue weighted by molar-refractivity contribution is -0.161. The van der Waals surface area contributed by atoms with Crippen molar-refractivity contribution in [3.8, 4) is 0 Å². The van der Waals surface area contributed by atoms with Crippen LogP contribution in [-0.2, 0) is 32.7 Å². The molecule has 1 unspecified atom stereocenters. The second-order valence-corrected chi connectivity index (χ2v) is 16.9. The Balaban J connectivity index is 4.19. The van der Waals surface area contributed by atoms with Crippen molar-refractivity contribution < 1.29 is 42.7 Å². The maximum Gasteiger partial charge on any atom is 0.472 e. The summed E-state index contributed by atoms with van der Waals surface area (Å²) in [6.45, 7) is 3.40. The SMILES string of the molecule is CCCCCCCCCCCCCCCCCCCCCC(=O)OC[C@H](COP(=O)(O)OCCN)OC(=O)CCC/C=C\C/C=C\C/C=C\C/C=C\CC[C@H](O)CC. The molecule has 0 amide bonds. The third-order valence-electron chi connectivity index (χ3n) is 9.88. The fourth-order valence-electron chi connectivity index (χ4n) is 6.26. The molecule has 0 aliphatic rings. The van der Waals surface area contributed by atoms with Crippen molar-refractivity contribution in [2.45, 2.75) is 212 Å². The first kappa shape index (κ1) is 55.9. The van der Waals surface area contributed by atoms with Crippen molar-refractivity contribution >= 4 is 19.8 Å². The van der Waals surface area contributed by atoms with Gasteiger partial charge < -0.3 is 25.2 Å². The molecule has 0 fully saturated rings. The summed E-state index contributed by atoms with van der Waals surface area (Å²) in [5.41, 5.74) is 5.35. The molecule has 0 saturated heterocycles. The number of hydrogen-bond donors (Lipinski definition) is 3. The molecule has 338 valence electrons. The highest BCUT2D eigenvalue weighted by atomic mass is 31.2. The normalized spacial score (nSPS) is 14.2. The maximum atomic E-state index is 12.6. The van der Waals surface area contributed by atoms with Gasteiger partial charge in [0.15, 0.2) is 6.10 Å². The Bertz CT molecular complexity index is 1110. The molecule has 0 heterocycles. The van der Waals surface area contributed by atoms with Gasteiger partial charge in [0, 0.05) is 19.4 Å². The minimum atomic E-state index is -4.40. The fraction of sp³-hybridized carbons (Fsp3) is 0.787. The van der Waals surface area contributed by atoms with E-state index in [9.17, 15) is 24.2 Å². The standard InChI is InChI=1S/C47H86NO9P/c1-3-5-6-7-8-9-10-11-12-13-14-15-16-20-23-26-29-32-35-38-46(50)54-42-45(43-56-58(52,53)55-41-40-48)57-47(51)39-36-33-30-27-24-21-18-17-19-22-25-28-31-34-37-44(49)4-2/h18-19,21-22,27-28,30-31,44-45,49H,3-17,20,23-26,29,32-43,48H2,1-2H3,(H,52,53)/b21-18-,22-19-,30-27-,31-28-/t44-,45-/m1/s1. The van der Waals surface area contributed by atoms with Gasteiger partial charge in [0.1, 0.15) is 6.61 Å². The summed E-state index contributed by atoms with van der Waals surface area (Å²) in [4.78, 5) is 34.9. The van der Waals surface area contributed by atoms with Gasteiger partial charge >= 0.3 is 19.8 Å². The smallest absolute Gasteiger partial charge is 0.462 e. The van der Waals surface area contributed by atoms with E-state index in [1.807, 2.05) is 13.0 Å². The number of hydrogen-bond acceptors (Lipinski definition) is 9. The number of carbonyl (C=O) groups excluding carboxylic acids is 2. The Morgan fingerprint density at radius 1 is 0.586 bits per heavy atom. The number of nitrogens with two attached hydrogens (primary N) is 1. The minimum Gasteiger partial charge on any atom is -0.462 e. The van der Waals surface area contributed by atoms with Crippen molar-refractivity contribution in [3.63, 3.8) is 0 Å². The molecule has 0 aliphatic heterocycles. The summed E-state index contributed by atoms with van der Waals surface area (Å²) < 4.78 is 32.7. The van der Waals surface area contributed by atoms with Crippen molar-refractivity contribution in [1.29, 1.82) is 0 Å². The van der Waals surface area contributed by atoms with E-state index in [2.05, 4.69) is 49.5 Å². The molecule has 0 spiro atoms. The summed E-state index contributed by atoms with van der Waals surface area (Å²) in [6.07, 6.45) is 46.7. The van der Waals surface area contributed by atoms with Crippen LogP contribution in [0.4, 0.5) is 0 Å². The van der Waals surface area contributed by atoms with E-state index < -0.39 is 32.5 Å². The van der Waals surface area contributed by atoms with Crippen LogP contribution in [0.2, 0.25) is 0 Å². The van der Waals surface area contributed by atoms with E-state index in [1.165, 1.54) is 103 Å². The summed E-state index contributed by atoms with van der Waals surface area (Å²) in [5, 5.41) is 9.56. The molecule has 0 radical (unpaired) electrons. The predicted molar refractivity (Wildman–Crippen MR) is 239 cm³/mol. The van der Waals surface area contributed by atoms with E-state index in [1.54, 1.807) is 0 Å². The Kier molecular flexibility index (Phi) is 41.5. The number of carbonyl (C=O) groups is 2. The first-order valence-corrected chi connectivity index (χ1v) is 24.7. The number of ether oxygens (including phenoxy) is 2. The third-order valence-corrected chi connectivity index (χ3v) is 10.9. The third kappa shape index (κ3) is 42.1. The van der Waals surface area contributed by atoms with Crippen LogP contribution in [0, 0.1) is 0 Å². The second kappa shape index (κ2) is 43.0. The van der Waals surface area contributed by atoms with Gasteiger partial charge in [0.2, 0.25) is 0 Å². The number of aliphatic hydroxyl groups is 1. The Morgan fingerprint density at radius 3 is 1.52 bits per heavy atom. The van der Waals surface area contributed by atoms with Crippen molar-refractivity contribution in [3.05, 3.63) is 48.6 Å². The molecule has 0 aliphatic carbocycles. The van der Waals surface area contributed by atoms with Crippen molar-refractivity contribution in [2.75, 3.05) is 26.4 Å². The number of phosphoric ester groups is 1. The summed E-state index contributed by atoms with van der Waals surface area (Å²) in [5.74, 6) is -0.907. The van der Waals surface area contributed by atoms with Crippen LogP contribution in [0.5, 0.6) is 0 Å². The molecular weight excluding hydrogens is 753 g/mol. The van der Waals surface area contributed by atoms with Crippen molar-refractivity contribution in [2.24, 2.45) is 5.73 Å². The molecule has 11 heteroatoms. The van der Waals surface area contributed by atoms with Gasteiger partial charge in [0.05, 0.1) is 19.3 Å². The van der Waals surface area contributed by atoms with Crippen LogP contribution in [0.15, 0.2) is 48.6 Å². The summed E-state index contributed by atoms with van der Waals surface area (Å²) >= 11 is 0. The number of aliphatic hydroxyl groups excluding tert-OH is 1. The highest BCUT2D eigenvalue weighted by molar-refractivity contribution is 7.47. The van der Waals surface area contributed by atoms with Gasteiger partial charge in [-0.25, -0.2) is 4.57 Å². The Labute approximate surface area is 354 Å². The average Bonchev–Trinajstić information content (AvgIpc) is 3.21. The predicted octanol–water partition coefficient (Wildman–Crippen LogP) is 12.5. The topological polar surface area (TPSA) is 155 Å². The maximum absolute atomic E-state index is 12.6. The molecule has 58 heavy (non-hydrogen) atoms. The number of unbranched alkanes of at least 4 members (excludes halogenated alkanes) is 19. The van der Waals surface area contributed by atoms with Gasteiger partial charge in [-0.05, 0) is 57.8 Å². The lowest BCUT2D eigenvalue weighted by atomic mass is 10.0. The van der Waals surface area contributed by atoms with E-state index >= 15 is 0 Å². The second-order valence-electron chi connectivity index (χ2n) is 15.4. The van der Waals surface area contributed by atoms with E-state index in [0.717, 1.165) is 57.8 Å². The van der Waals surface area contributed by atoms with Crippen LogP contribution in [-0.4, -0.2) is 60.5 Å². The highest BCUT2D eigenvalue weighted by Crippen LogP contribution is 2.43. The fourth-order valence-corrected chi connectivity index (χ4v) is 7.02. The zero-order chi connectivity index (χ0) is 42.6. The number of allylic oxidation sites excluding steroid dienone is 8. The molecule has 0 aromatic carbocycles. The van der Waals surface area contributed by atoms with E-state index in [4.69, 9.17) is 24.3 Å². The molecule has 4 N–H and O–H groups in total. The van der Waals surface area contributed by atoms with Crippen LogP contribution in [0.3, 0.4) is 0 Å². The van der Waals surface area contributed by atoms with Crippen molar-refractivity contribution in [1.82, 2.24) is 0 Å².